The minimum absolute atomic E-state index is 0.321. The molecule has 26 heavy (non-hydrogen) atoms. The molecule has 6 heteroatoms. The van der Waals surface area contributed by atoms with Crippen LogP contribution in [0.2, 0.25) is 0 Å². The van der Waals surface area contributed by atoms with Crippen LogP contribution in [-0.2, 0) is 6.54 Å². The van der Waals surface area contributed by atoms with Gasteiger partial charge in [-0.15, -0.1) is 0 Å². The van der Waals surface area contributed by atoms with Gasteiger partial charge >= 0.3 is 0 Å². The molecule has 5 rings (SSSR count). The molecule has 2 aliphatic rings. The molecule has 0 bridgehead atoms. The minimum Gasteiger partial charge on any atom is -0.497 e. The summed E-state index contributed by atoms with van der Waals surface area (Å²) in [6.07, 6.45) is 1.11. The number of likely N-dealkylation sites (tertiary alicyclic amines) is 1. The van der Waals surface area contributed by atoms with Crippen molar-refractivity contribution in [3.05, 3.63) is 47.8 Å². The second-order valence-corrected chi connectivity index (χ2v) is 6.91. The summed E-state index contributed by atoms with van der Waals surface area (Å²) in [5.74, 6) is 4.04. The Morgan fingerprint density at radius 3 is 3.04 bits per heavy atom. The lowest BCUT2D eigenvalue weighted by molar-refractivity contribution is 0.174. The largest absolute Gasteiger partial charge is 0.497 e. The first kappa shape index (κ1) is 15.5. The summed E-state index contributed by atoms with van der Waals surface area (Å²) in [7, 11) is 1.68. The number of rotatable bonds is 4. The number of ether oxygens (including phenoxy) is 3. The van der Waals surface area contributed by atoms with Gasteiger partial charge in [-0.1, -0.05) is 6.07 Å². The molecule has 2 aliphatic heterocycles. The predicted octanol–water partition coefficient (Wildman–Crippen LogP) is 3.29. The van der Waals surface area contributed by atoms with Gasteiger partial charge in [0, 0.05) is 25.1 Å². The van der Waals surface area contributed by atoms with E-state index in [0.717, 1.165) is 60.2 Å². The number of aromatic amines is 1. The number of fused-ring (bicyclic) bond motifs is 2. The lowest BCUT2D eigenvalue weighted by atomic mass is 10.1. The van der Waals surface area contributed by atoms with Crippen LogP contribution >= 0.6 is 0 Å². The van der Waals surface area contributed by atoms with Gasteiger partial charge in [-0.05, 0) is 42.8 Å². The number of hydrogen-bond donors (Lipinski definition) is 1. The fraction of sp³-hybridized carbons (Fsp3) is 0.350. The van der Waals surface area contributed by atoms with E-state index in [1.165, 1.54) is 5.56 Å². The van der Waals surface area contributed by atoms with Crippen molar-refractivity contribution < 1.29 is 14.2 Å². The molecule has 0 unspecified atom stereocenters. The molecule has 2 aromatic carbocycles. The van der Waals surface area contributed by atoms with Crippen LogP contribution < -0.4 is 14.2 Å². The first-order valence-electron chi connectivity index (χ1n) is 8.93. The zero-order valence-electron chi connectivity index (χ0n) is 14.7. The van der Waals surface area contributed by atoms with Crippen molar-refractivity contribution in [1.82, 2.24) is 14.9 Å². The Hall–Kier alpha value is -2.73. The van der Waals surface area contributed by atoms with Gasteiger partial charge < -0.3 is 19.2 Å². The number of aromatic nitrogens is 2. The topological polar surface area (TPSA) is 59.6 Å². The number of H-pyrrole nitrogens is 1. The molecule has 134 valence electrons. The van der Waals surface area contributed by atoms with Gasteiger partial charge in [0.05, 0.1) is 18.1 Å². The summed E-state index contributed by atoms with van der Waals surface area (Å²) in [5.41, 5.74) is 3.29. The quantitative estimate of drug-likeness (QED) is 0.782. The van der Waals surface area contributed by atoms with Crippen molar-refractivity contribution in [2.45, 2.75) is 18.9 Å². The van der Waals surface area contributed by atoms with E-state index in [-0.39, 0.29) is 0 Å². The Labute approximate surface area is 151 Å². The maximum absolute atomic E-state index is 5.48. The van der Waals surface area contributed by atoms with Crippen molar-refractivity contribution in [2.24, 2.45) is 0 Å². The van der Waals surface area contributed by atoms with Gasteiger partial charge in [0.1, 0.15) is 11.6 Å². The van der Waals surface area contributed by atoms with Crippen LogP contribution in [0.4, 0.5) is 0 Å². The van der Waals surface area contributed by atoms with Crippen LogP contribution in [0, 0.1) is 0 Å². The Kier molecular flexibility index (Phi) is 3.71. The molecule has 0 radical (unpaired) electrons. The standard InChI is InChI=1S/C20H21N3O3/c1-24-15-3-4-16-17(9-15)22-20(21-16)14-6-7-23(11-14)10-13-2-5-18-19(8-13)26-12-25-18/h2-5,8-9,14H,6-7,10-12H2,1H3,(H,21,22)/t14-/m0/s1. The highest BCUT2D eigenvalue weighted by atomic mass is 16.7. The van der Waals surface area contributed by atoms with Crippen LogP contribution in [0.3, 0.4) is 0 Å². The molecule has 0 saturated carbocycles. The fourth-order valence-electron chi connectivity index (χ4n) is 3.83. The van der Waals surface area contributed by atoms with Gasteiger partial charge in [-0.3, -0.25) is 4.90 Å². The normalized spacial score (nSPS) is 19.3. The smallest absolute Gasteiger partial charge is 0.231 e. The highest BCUT2D eigenvalue weighted by Gasteiger charge is 2.26. The van der Waals surface area contributed by atoms with E-state index >= 15 is 0 Å². The van der Waals surface area contributed by atoms with Crippen molar-refractivity contribution in [2.75, 3.05) is 27.0 Å². The Bertz CT molecular complexity index is 953. The molecule has 0 amide bonds. The first-order valence-corrected chi connectivity index (χ1v) is 8.93. The minimum atomic E-state index is 0.321. The van der Waals surface area contributed by atoms with Crippen molar-refractivity contribution in [1.29, 1.82) is 0 Å². The van der Waals surface area contributed by atoms with Gasteiger partial charge in [0.2, 0.25) is 6.79 Å². The van der Waals surface area contributed by atoms with Gasteiger partial charge in [-0.25, -0.2) is 4.98 Å². The zero-order valence-corrected chi connectivity index (χ0v) is 14.7. The molecule has 1 fully saturated rings. The highest BCUT2D eigenvalue weighted by molar-refractivity contribution is 5.76. The van der Waals surface area contributed by atoms with Gasteiger partial charge in [-0.2, -0.15) is 0 Å². The monoisotopic (exact) mass is 351 g/mol. The third kappa shape index (κ3) is 2.76. The number of imidazole rings is 1. The summed E-state index contributed by atoms with van der Waals surface area (Å²) in [6, 6.07) is 12.2. The van der Waals surface area contributed by atoms with Crippen LogP contribution in [0.5, 0.6) is 17.2 Å². The van der Waals surface area contributed by atoms with Crippen molar-refractivity contribution in [3.8, 4) is 17.2 Å². The van der Waals surface area contributed by atoms with E-state index in [1.54, 1.807) is 7.11 Å². The number of nitrogens with one attached hydrogen (secondary N) is 1. The Morgan fingerprint density at radius 2 is 2.12 bits per heavy atom. The van der Waals surface area contributed by atoms with Crippen LogP contribution in [0.15, 0.2) is 36.4 Å². The van der Waals surface area contributed by atoms with Crippen LogP contribution in [0.25, 0.3) is 11.0 Å². The fourth-order valence-corrected chi connectivity index (χ4v) is 3.83. The second-order valence-electron chi connectivity index (χ2n) is 6.91. The summed E-state index contributed by atoms with van der Waals surface area (Å²) < 4.78 is 16.2. The zero-order chi connectivity index (χ0) is 17.5. The molecule has 3 aromatic rings. The van der Waals surface area contributed by atoms with Crippen molar-refractivity contribution >= 4 is 11.0 Å². The van der Waals surface area contributed by atoms with E-state index in [9.17, 15) is 0 Å². The maximum atomic E-state index is 5.48. The van der Waals surface area contributed by atoms with E-state index in [2.05, 4.69) is 22.0 Å². The predicted molar refractivity (Wildman–Crippen MR) is 97.8 cm³/mol. The third-order valence-corrected chi connectivity index (χ3v) is 5.21. The molecular weight excluding hydrogens is 330 g/mol. The Balaban J connectivity index is 1.29. The maximum Gasteiger partial charge on any atom is 0.231 e. The molecule has 1 N–H and O–H groups in total. The van der Waals surface area contributed by atoms with Crippen LogP contribution in [0.1, 0.15) is 23.7 Å². The SMILES string of the molecule is COc1ccc2nc([C@H]3CCN(Cc4ccc5c(c4)OCO5)C3)[nH]c2c1. The van der Waals surface area contributed by atoms with E-state index < -0.39 is 0 Å². The summed E-state index contributed by atoms with van der Waals surface area (Å²) in [6.45, 7) is 3.31. The first-order chi connectivity index (χ1) is 12.8. The number of methoxy groups -OCH3 is 1. The van der Waals surface area contributed by atoms with E-state index in [0.29, 0.717) is 12.7 Å². The molecule has 6 nitrogen and oxygen atoms in total. The lowest BCUT2D eigenvalue weighted by Crippen LogP contribution is -2.19. The van der Waals surface area contributed by atoms with Crippen molar-refractivity contribution in [3.63, 3.8) is 0 Å². The highest BCUT2D eigenvalue weighted by Crippen LogP contribution is 2.34. The number of benzene rings is 2. The Morgan fingerprint density at radius 1 is 1.19 bits per heavy atom. The summed E-state index contributed by atoms with van der Waals surface area (Å²) in [5, 5.41) is 0. The molecule has 3 heterocycles. The summed E-state index contributed by atoms with van der Waals surface area (Å²) >= 11 is 0. The molecule has 1 saturated heterocycles. The summed E-state index contributed by atoms with van der Waals surface area (Å²) in [4.78, 5) is 10.7. The van der Waals surface area contributed by atoms with Crippen LogP contribution in [-0.4, -0.2) is 41.9 Å². The average molecular weight is 351 g/mol. The van der Waals surface area contributed by atoms with E-state index in [4.69, 9.17) is 19.2 Å². The van der Waals surface area contributed by atoms with Gasteiger partial charge in [0.15, 0.2) is 11.5 Å². The molecule has 1 aromatic heterocycles. The second kappa shape index (κ2) is 6.21. The van der Waals surface area contributed by atoms with Gasteiger partial charge in [0.25, 0.3) is 0 Å². The van der Waals surface area contributed by atoms with E-state index in [1.807, 2.05) is 24.3 Å². The third-order valence-electron chi connectivity index (χ3n) is 5.21. The average Bonchev–Trinajstić information content (AvgIpc) is 3.39. The molecule has 1 atom stereocenters. The molecular formula is C20H21N3O3. The number of nitrogens with zero attached hydrogens (tertiary/aromatic N) is 2. The molecule has 0 spiro atoms. The molecule has 0 aliphatic carbocycles. The lowest BCUT2D eigenvalue weighted by Gasteiger charge is -2.15. The number of hydrogen-bond acceptors (Lipinski definition) is 5.